The number of benzene rings is 2. The number of fused-ring (bicyclic) bond motifs is 1. The standard InChI is InChI=1S/C27H30O13/c1-11-21(31)14(30)8-19(36-11)40-26-17(38-27-25(35)24(34)22(32)18(10-28)39-27)9-16-20(23(26)33)13(29)7-15(37-16)12-5-3-2-4-6-12/h2-7,9,11,14,18-19,21-22,24-25,27-28,30-35H,8,10H2,1H3/t11-,14+,18+,19+,21+,22+,24-,25+,27+/m0/s1. The summed E-state index contributed by atoms with van der Waals surface area (Å²) in [5, 5.41) is 71.5. The van der Waals surface area contributed by atoms with Gasteiger partial charge in [-0.05, 0) is 6.92 Å². The Morgan fingerprint density at radius 3 is 2.33 bits per heavy atom. The molecule has 2 aliphatic rings. The van der Waals surface area contributed by atoms with E-state index in [9.17, 15) is 40.5 Å². The van der Waals surface area contributed by atoms with Crippen molar-refractivity contribution in [3.63, 3.8) is 0 Å². The van der Waals surface area contributed by atoms with Gasteiger partial charge in [-0.15, -0.1) is 0 Å². The molecular weight excluding hydrogens is 532 g/mol. The van der Waals surface area contributed by atoms with Crippen molar-refractivity contribution in [2.75, 3.05) is 6.61 Å². The summed E-state index contributed by atoms with van der Waals surface area (Å²) in [6.07, 6.45) is -12.8. The molecule has 0 radical (unpaired) electrons. The quantitative estimate of drug-likeness (QED) is 0.204. The first-order valence-electron chi connectivity index (χ1n) is 12.6. The molecule has 40 heavy (non-hydrogen) atoms. The lowest BCUT2D eigenvalue weighted by atomic mass is 9.99. The Bertz CT molecular complexity index is 1380. The van der Waals surface area contributed by atoms with Crippen molar-refractivity contribution in [1.29, 1.82) is 0 Å². The van der Waals surface area contributed by atoms with Crippen LogP contribution in [0.4, 0.5) is 0 Å². The first kappa shape index (κ1) is 28.3. The molecule has 3 aromatic rings. The van der Waals surface area contributed by atoms with Crippen molar-refractivity contribution in [2.45, 2.75) is 68.7 Å². The minimum Gasteiger partial charge on any atom is -0.504 e. The summed E-state index contributed by atoms with van der Waals surface area (Å²) in [5.41, 5.74) is -0.158. The van der Waals surface area contributed by atoms with Crippen LogP contribution in [0.2, 0.25) is 0 Å². The Morgan fingerprint density at radius 1 is 0.925 bits per heavy atom. The fourth-order valence-corrected chi connectivity index (χ4v) is 4.73. The van der Waals surface area contributed by atoms with Crippen molar-refractivity contribution >= 4 is 11.0 Å². The van der Waals surface area contributed by atoms with Gasteiger partial charge in [-0.3, -0.25) is 4.79 Å². The molecule has 5 rings (SSSR count). The van der Waals surface area contributed by atoms with Crippen molar-refractivity contribution in [3.8, 4) is 28.6 Å². The highest BCUT2D eigenvalue weighted by Gasteiger charge is 2.45. The van der Waals surface area contributed by atoms with Gasteiger partial charge in [-0.25, -0.2) is 0 Å². The van der Waals surface area contributed by atoms with Crippen LogP contribution in [0, 0.1) is 0 Å². The van der Waals surface area contributed by atoms with Gasteiger partial charge in [0.25, 0.3) is 0 Å². The highest BCUT2D eigenvalue weighted by molar-refractivity contribution is 5.89. The number of phenols is 1. The summed E-state index contributed by atoms with van der Waals surface area (Å²) in [6, 6.07) is 11.1. The number of rotatable bonds is 6. The van der Waals surface area contributed by atoms with Crippen LogP contribution in [0.5, 0.6) is 17.2 Å². The van der Waals surface area contributed by atoms with E-state index in [2.05, 4.69) is 0 Å². The lowest BCUT2D eigenvalue weighted by molar-refractivity contribution is -0.278. The summed E-state index contributed by atoms with van der Waals surface area (Å²) in [6.45, 7) is 0.801. The number of aromatic hydroxyl groups is 1. The van der Waals surface area contributed by atoms with Crippen molar-refractivity contribution in [3.05, 3.63) is 52.7 Å². The zero-order chi connectivity index (χ0) is 28.7. The highest BCUT2D eigenvalue weighted by Crippen LogP contribution is 2.45. The van der Waals surface area contributed by atoms with E-state index in [-0.39, 0.29) is 28.9 Å². The molecule has 0 spiro atoms. The SMILES string of the molecule is C[C@@H]1O[C@H](Oc2c(O[C@@H]3O[C@H](CO)[C@@H](O)[C@H](O)[C@H]3O)cc3oc(-c4ccccc4)cc(=O)c3c2O)C[C@@H](O)[C@@H]1O. The van der Waals surface area contributed by atoms with E-state index in [1.807, 2.05) is 0 Å². The van der Waals surface area contributed by atoms with Gasteiger partial charge in [0.05, 0.1) is 18.8 Å². The molecule has 216 valence electrons. The van der Waals surface area contributed by atoms with Crippen LogP contribution in [0.1, 0.15) is 13.3 Å². The summed E-state index contributed by atoms with van der Waals surface area (Å²) in [7, 11) is 0. The average Bonchev–Trinajstić information content (AvgIpc) is 2.94. The fourth-order valence-electron chi connectivity index (χ4n) is 4.73. The van der Waals surface area contributed by atoms with E-state index >= 15 is 0 Å². The van der Waals surface area contributed by atoms with Gasteiger partial charge in [0, 0.05) is 24.1 Å². The molecule has 0 aliphatic carbocycles. The van der Waals surface area contributed by atoms with E-state index in [0.29, 0.717) is 5.56 Å². The van der Waals surface area contributed by atoms with Crippen LogP contribution in [0.3, 0.4) is 0 Å². The van der Waals surface area contributed by atoms with Crippen LogP contribution in [-0.4, -0.2) is 97.7 Å². The van der Waals surface area contributed by atoms with E-state index in [1.165, 1.54) is 19.1 Å². The largest absolute Gasteiger partial charge is 0.504 e. The Morgan fingerprint density at radius 2 is 1.65 bits per heavy atom. The molecule has 1 aromatic heterocycles. The Labute approximate surface area is 227 Å². The van der Waals surface area contributed by atoms with Crippen molar-refractivity contribution in [2.24, 2.45) is 0 Å². The molecule has 2 fully saturated rings. The molecule has 0 unspecified atom stereocenters. The van der Waals surface area contributed by atoms with E-state index < -0.39 is 78.8 Å². The first-order valence-corrected chi connectivity index (χ1v) is 12.6. The van der Waals surface area contributed by atoms with E-state index in [4.69, 9.17) is 23.4 Å². The minimum atomic E-state index is -1.80. The topological polar surface area (TPSA) is 209 Å². The summed E-state index contributed by atoms with van der Waals surface area (Å²) >= 11 is 0. The Kier molecular flexibility index (Phi) is 7.99. The van der Waals surface area contributed by atoms with E-state index in [1.54, 1.807) is 30.3 Å². The fraction of sp³-hybridized carbons (Fsp3) is 0.444. The summed E-state index contributed by atoms with van der Waals surface area (Å²) in [5.74, 6) is -1.28. The maximum Gasteiger partial charge on any atom is 0.229 e. The molecule has 3 heterocycles. The molecule has 7 N–H and O–H groups in total. The second kappa shape index (κ2) is 11.3. The summed E-state index contributed by atoms with van der Waals surface area (Å²) in [4.78, 5) is 13.1. The third-order valence-corrected chi connectivity index (χ3v) is 6.99. The highest BCUT2D eigenvalue weighted by atomic mass is 16.7. The monoisotopic (exact) mass is 562 g/mol. The van der Waals surface area contributed by atoms with Crippen LogP contribution < -0.4 is 14.9 Å². The maximum atomic E-state index is 13.1. The van der Waals surface area contributed by atoms with Crippen molar-refractivity contribution < 1.29 is 59.1 Å². The summed E-state index contributed by atoms with van der Waals surface area (Å²) < 4.78 is 28.5. The van der Waals surface area contributed by atoms with Gasteiger partial charge >= 0.3 is 0 Å². The van der Waals surface area contributed by atoms with Crippen LogP contribution >= 0.6 is 0 Å². The molecule has 13 nitrogen and oxygen atoms in total. The molecule has 13 heteroatoms. The molecule has 2 aliphatic heterocycles. The molecule has 0 bridgehead atoms. The number of hydrogen-bond acceptors (Lipinski definition) is 13. The normalized spacial score (nSPS) is 32.6. The predicted molar refractivity (Wildman–Crippen MR) is 136 cm³/mol. The van der Waals surface area contributed by atoms with Crippen molar-refractivity contribution in [1.82, 2.24) is 0 Å². The molecule has 0 saturated carbocycles. The van der Waals surface area contributed by atoms with Gasteiger partial charge < -0.3 is 59.1 Å². The number of aliphatic hydroxyl groups is 6. The number of ether oxygens (including phenoxy) is 4. The van der Waals surface area contributed by atoms with Gasteiger partial charge in [-0.2, -0.15) is 0 Å². The van der Waals surface area contributed by atoms with Gasteiger partial charge in [0.1, 0.15) is 47.2 Å². The molecule has 9 atom stereocenters. The lowest BCUT2D eigenvalue weighted by Crippen LogP contribution is -2.60. The minimum absolute atomic E-state index is 0.121. The second-order valence-corrected chi connectivity index (χ2v) is 9.76. The van der Waals surface area contributed by atoms with Crippen LogP contribution in [0.25, 0.3) is 22.3 Å². The Hall–Kier alpha value is -3.27. The lowest BCUT2D eigenvalue weighted by Gasteiger charge is -2.40. The number of aliphatic hydroxyl groups excluding tert-OH is 6. The molecule has 2 aromatic carbocycles. The van der Waals surface area contributed by atoms with Crippen LogP contribution in [-0.2, 0) is 9.47 Å². The second-order valence-electron chi connectivity index (χ2n) is 9.76. The third kappa shape index (κ3) is 5.25. The predicted octanol–water partition coefficient (Wildman–Crippen LogP) is -0.420. The first-order chi connectivity index (χ1) is 19.1. The smallest absolute Gasteiger partial charge is 0.229 e. The van der Waals surface area contributed by atoms with Crippen LogP contribution in [0.15, 0.2) is 51.7 Å². The number of phenolic OH excluding ortho intramolecular Hbond substituents is 1. The van der Waals surface area contributed by atoms with Gasteiger partial charge in [0.15, 0.2) is 16.9 Å². The molecular formula is C27H30O13. The van der Waals surface area contributed by atoms with Gasteiger partial charge in [-0.1, -0.05) is 30.3 Å². The zero-order valence-corrected chi connectivity index (χ0v) is 21.2. The third-order valence-electron chi connectivity index (χ3n) is 6.99. The Balaban J connectivity index is 1.60. The maximum absolute atomic E-state index is 13.1. The molecule has 2 saturated heterocycles. The molecule has 0 amide bonds. The average molecular weight is 563 g/mol. The zero-order valence-electron chi connectivity index (χ0n) is 21.2. The van der Waals surface area contributed by atoms with E-state index in [0.717, 1.165) is 0 Å². The number of hydrogen-bond donors (Lipinski definition) is 7. The van der Waals surface area contributed by atoms with Gasteiger partial charge in [0.2, 0.25) is 18.3 Å².